The van der Waals surface area contributed by atoms with Crippen molar-refractivity contribution >= 4 is 23.8 Å². The smallest absolute Gasteiger partial charge is 0.407 e. The summed E-state index contributed by atoms with van der Waals surface area (Å²) in [7, 11) is 0. The molecule has 0 saturated carbocycles. The molecule has 0 aliphatic carbocycles. The van der Waals surface area contributed by atoms with Crippen LogP contribution < -0.4 is 5.32 Å². The number of hydrogen-bond donors (Lipinski definition) is 1. The van der Waals surface area contributed by atoms with E-state index in [1.165, 1.54) is 12.3 Å². The van der Waals surface area contributed by atoms with Crippen molar-refractivity contribution in [2.45, 2.75) is 13.0 Å². The Hall–Kier alpha value is -2.40. The molecule has 1 N–H and O–H groups in total. The number of amides is 1. The van der Waals surface area contributed by atoms with E-state index < -0.39 is 11.9 Å². The molecule has 0 radical (unpaired) electrons. The molecule has 0 bridgehead atoms. The molecule has 0 aliphatic heterocycles. The first kappa shape index (κ1) is 17.0. The molecule has 1 aromatic heterocycles. The zero-order valence-electron chi connectivity index (χ0n) is 12.3. The van der Waals surface area contributed by atoms with Gasteiger partial charge in [0.1, 0.15) is 12.4 Å². The standard InChI is InChI=1S/C17H16ClFN2O2/c18-14-10-15(19)16(21-11-14)8-4-5-9-20-17(22)23-12-13-6-2-1-3-7-13/h1-4,6-8,10-11H,5,9,12H2,(H,20,22). The lowest BCUT2D eigenvalue weighted by atomic mass is 10.2. The van der Waals surface area contributed by atoms with Crippen LogP contribution in [0.1, 0.15) is 17.7 Å². The van der Waals surface area contributed by atoms with Crippen molar-refractivity contribution in [2.24, 2.45) is 0 Å². The number of ether oxygens (including phenoxy) is 1. The van der Waals surface area contributed by atoms with Crippen LogP contribution >= 0.6 is 11.6 Å². The van der Waals surface area contributed by atoms with Crippen LogP contribution in [0.5, 0.6) is 0 Å². The van der Waals surface area contributed by atoms with Gasteiger partial charge in [-0.05, 0) is 24.1 Å². The second-order valence-electron chi connectivity index (χ2n) is 4.70. The van der Waals surface area contributed by atoms with Crippen molar-refractivity contribution in [1.82, 2.24) is 10.3 Å². The monoisotopic (exact) mass is 334 g/mol. The van der Waals surface area contributed by atoms with Crippen LogP contribution in [0.15, 0.2) is 48.7 Å². The molecule has 120 valence electrons. The lowest BCUT2D eigenvalue weighted by molar-refractivity contribution is 0.140. The number of hydrogen-bond acceptors (Lipinski definition) is 3. The first-order chi connectivity index (χ1) is 11.1. The van der Waals surface area contributed by atoms with E-state index in [4.69, 9.17) is 16.3 Å². The summed E-state index contributed by atoms with van der Waals surface area (Å²) in [6.07, 6.45) is 4.69. The predicted octanol–water partition coefficient (Wildman–Crippen LogP) is 4.20. The van der Waals surface area contributed by atoms with Crippen molar-refractivity contribution in [3.05, 3.63) is 70.8 Å². The maximum absolute atomic E-state index is 13.5. The van der Waals surface area contributed by atoms with E-state index in [0.717, 1.165) is 5.56 Å². The molecule has 0 fully saturated rings. The number of aromatic nitrogens is 1. The van der Waals surface area contributed by atoms with Gasteiger partial charge in [0.15, 0.2) is 0 Å². The van der Waals surface area contributed by atoms with Gasteiger partial charge in [0.2, 0.25) is 0 Å². The molecular formula is C17H16ClFN2O2. The zero-order valence-corrected chi connectivity index (χ0v) is 13.1. The van der Waals surface area contributed by atoms with Crippen molar-refractivity contribution in [3.8, 4) is 0 Å². The van der Waals surface area contributed by atoms with Gasteiger partial charge in [0, 0.05) is 12.7 Å². The number of nitrogens with zero attached hydrogens (tertiary/aromatic N) is 1. The van der Waals surface area contributed by atoms with Gasteiger partial charge in [-0.3, -0.25) is 4.98 Å². The Morgan fingerprint density at radius 1 is 1.35 bits per heavy atom. The van der Waals surface area contributed by atoms with Crippen LogP contribution in [-0.2, 0) is 11.3 Å². The summed E-state index contributed by atoms with van der Waals surface area (Å²) in [5.41, 5.74) is 1.13. The Balaban J connectivity index is 1.66. The molecule has 0 saturated heterocycles. The average molecular weight is 335 g/mol. The van der Waals surface area contributed by atoms with Crippen LogP contribution in [0.3, 0.4) is 0 Å². The average Bonchev–Trinajstić information content (AvgIpc) is 2.55. The summed E-state index contributed by atoms with van der Waals surface area (Å²) in [6.45, 7) is 0.613. The summed E-state index contributed by atoms with van der Waals surface area (Å²) >= 11 is 5.62. The highest BCUT2D eigenvalue weighted by molar-refractivity contribution is 6.30. The zero-order chi connectivity index (χ0) is 16.5. The van der Waals surface area contributed by atoms with Crippen LogP contribution in [0.25, 0.3) is 6.08 Å². The third-order valence-corrected chi connectivity index (χ3v) is 3.11. The fourth-order valence-corrected chi connectivity index (χ4v) is 1.92. The molecule has 0 spiro atoms. The molecule has 6 heteroatoms. The highest BCUT2D eigenvalue weighted by Crippen LogP contribution is 2.12. The summed E-state index contributed by atoms with van der Waals surface area (Å²) in [5, 5.41) is 2.87. The Bertz CT molecular complexity index is 678. The molecule has 4 nitrogen and oxygen atoms in total. The van der Waals surface area contributed by atoms with E-state index in [1.807, 2.05) is 30.3 Å². The first-order valence-electron chi connectivity index (χ1n) is 7.07. The second kappa shape index (κ2) is 8.90. The first-order valence-corrected chi connectivity index (χ1v) is 7.45. The number of rotatable bonds is 6. The topological polar surface area (TPSA) is 51.2 Å². The number of nitrogens with one attached hydrogen (secondary N) is 1. The van der Waals surface area contributed by atoms with Gasteiger partial charge in [0.25, 0.3) is 0 Å². The Morgan fingerprint density at radius 2 is 2.13 bits per heavy atom. The fraction of sp³-hybridized carbons (Fsp3) is 0.176. The number of carbonyl (C=O) groups excluding carboxylic acids is 1. The minimum Gasteiger partial charge on any atom is -0.445 e. The van der Waals surface area contributed by atoms with E-state index >= 15 is 0 Å². The molecule has 0 atom stereocenters. The number of halogens is 2. The van der Waals surface area contributed by atoms with Crippen LogP contribution in [-0.4, -0.2) is 17.6 Å². The molecule has 1 aromatic carbocycles. The van der Waals surface area contributed by atoms with Crippen LogP contribution in [0, 0.1) is 5.82 Å². The van der Waals surface area contributed by atoms with Crippen molar-refractivity contribution in [3.63, 3.8) is 0 Å². The highest BCUT2D eigenvalue weighted by atomic mass is 35.5. The number of alkyl carbamates (subject to hydrolysis) is 1. The minimum atomic E-state index is -0.488. The molecule has 1 amide bonds. The summed E-state index contributed by atoms with van der Waals surface area (Å²) in [4.78, 5) is 15.4. The van der Waals surface area contributed by atoms with Crippen LogP contribution in [0.2, 0.25) is 5.02 Å². The largest absolute Gasteiger partial charge is 0.445 e. The Labute approximate surface area is 139 Å². The number of carbonyl (C=O) groups is 1. The molecule has 2 aromatic rings. The fourth-order valence-electron chi connectivity index (χ4n) is 1.77. The highest BCUT2D eigenvalue weighted by Gasteiger charge is 2.02. The van der Waals surface area contributed by atoms with Gasteiger partial charge in [0.05, 0.1) is 10.7 Å². The number of benzene rings is 1. The summed E-state index contributed by atoms with van der Waals surface area (Å²) < 4.78 is 18.5. The van der Waals surface area contributed by atoms with E-state index in [-0.39, 0.29) is 17.3 Å². The quantitative estimate of drug-likeness (QED) is 0.805. The SMILES string of the molecule is O=C(NCCC=Cc1ncc(Cl)cc1F)OCc1ccccc1. The molecule has 1 heterocycles. The lowest BCUT2D eigenvalue weighted by Crippen LogP contribution is -2.24. The van der Waals surface area contributed by atoms with Crippen molar-refractivity contribution in [1.29, 1.82) is 0 Å². The third-order valence-electron chi connectivity index (χ3n) is 2.91. The second-order valence-corrected chi connectivity index (χ2v) is 5.14. The third kappa shape index (κ3) is 6.08. The Morgan fingerprint density at radius 3 is 2.87 bits per heavy atom. The van der Waals surface area contributed by atoms with Gasteiger partial charge in [-0.15, -0.1) is 0 Å². The molecule has 23 heavy (non-hydrogen) atoms. The van der Waals surface area contributed by atoms with E-state index in [1.54, 1.807) is 12.2 Å². The summed E-state index contributed by atoms with van der Waals surface area (Å²) in [6, 6.07) is 10.6. The normalized spacial score (nSPS) is 10.7. The van der Waals surface area contributed by atoms with Gasteiger partial charge in [-0.25, -0.2) is 9.18 Å². The molecule has 2 rings (SSSR count). The van der Waals surface area contributed by atoms with Crippen LogP contribution in [0.4, 0.5) is 9.18 Å². The van der Waals surface area contributed by atoms with Gasteiger partial charge in [-0.1, -0.05) is 48.0 Å². The van der Waals surface area contributed by atoms with Crippen molar-refractivity contribution < 1.29 is 13.9 Å². The number of pyridine rings is 1. The summed E-state index contributed by atoms with van der Waals surface area (Å²) in [5.74, 6) is -0.482. The maximum Gasteiger partial charge on any atom is 0.407 e. The van der Waals surface area contributed by atoms with Gasteiger partial charge < -0.3 is 10.1 Å². The van der Waals surface area contributed by atoms with E-state index in [9.17, 15) is 9.18 Å². The minimum absolute atomic E-state index is 0.209. The lowest BCUT2D eigenvalue weighted by Gasteiger charge is -2.05. The predicted molar refractivity (Wildman–Crippen MR) is 87.5 cm³/mol. The Kier molecular flexibility index (Phi) is 6.56. The van der Waals surface area contributed by atoms with E-state index in [0.29, 0.717) is 13.0 Å². The maximum atomic E-state index is 13.5. The molecule has 0 aliphatic rings. The van der Waals surface area contributed by atoms with Gasteiger partial charge >= 0.3 is 6.09 Å². The van der Waals surface area contributed by atoms with E-state index in [2.05, 4.69) is 10.3 Å². The van der Waals surface area contributed by atoms with Gasteiger partial charge in [-0.2, -0.15) is 0 Å². The molecular weight excluding hydrogens is 319 g/mol. The molecule has 0 unspecified atom stereocenters. The van der Waals surface area contributed by atoms with Crippen molar-refractivity contribution in [2.75, 3.05) is 6.54 Å².